The van der Waals surface area contributed by atoms with Gasteiger partial charge in [0.05, 0.1) is 24.1 Å². The van der Waals surface area contributed by atoms with Crippen molar-refractivity contribution in [1.82, 2.24) is 15.3 Å². The smallest absolute Gasteiger partial charge is 0.239 e. The minimum absolute atomic E-state index is 0.000622. The number of aromatic nitrogens is 2. The molecule has 1 aromatic heterocycles. The van der Waals surface area contributed by atoms with Crippen LogP contribution >= 0.6 is 0 Å². The summed E-state index contributed by atoms with van der Waals surface area (Å²) in [6, 6.07) is 0. The molecule has 0 atom stereocenters. The highest BCUT2D eigenvalue weighted by Gasteiger charge is 2.18. The van der Waals surface area contributed by atoms with Crippen molar-refractivity contribution in [3.63, 3.8) is 0 Å². The van der Waals surface area contributed by atoms with Crippen LogP contribution in [0.5, 0.6) is 0 Å². The van der Waals surface area contributed by atoms with E-state index < -0.39 is 0 Å². The van der Waals surface area contributed by atoms with Crippen LogP contribution in [0.2, 0.25) is 0 Å². The van der Waals surface area contributed by atoms with Gasteiger partial charge in [-0.3, -0.25) is 4.79 Å². The predicted molar refractivity (Wildman–Crippen MR) is 56.4 cm³/mol. The highest BCUT2D eigenvalue weighted by Crippen LogP contribution is 2.12. The van der Waals surface area contributed by atoms with E-state index in [9.17, 15) is 4.79 Å². The zero-order valence-electron chi connectivity index (χ0n) is 8.53. The van der Waals surface area contributed by atoms with E-state index in [4.69, 9.17) is 5.73 Å². The third kappa shape index (κ3) is 1.98. The van der Waals surface area contributed by atoms with Crippen LogP contribution in [0.1, 0.15) is 5.69 Å². The number of aryl methyl sites for hydroxylation is 1. The fourth-order valence-electron chi connectivity index (χ4n) is 1.43. The second-order valence-electron chi connectivity index (χ2n) is 3.48. The van der Waals surface area contributed by atoms with E-state index in [1.165, 1.54) is 0 Å². The predicted octanol–water partition coefficient (Wildman–Crippen LogP) is -0.697. The molecular formula is C9H13N5O. The molecule has 1 aliphatic heterocycles. The first-order valence-corrected chi connectivity index (χ1v) is 4.77. The van der Waals surface area contributed by atoms with E-state index in [0.29, 0.717) is 24.7 Å². The molecule has 1 fully saturated rings. The molecule has 2 rings (SSSR count). The minimum Gasteiger partial charge on any atom is -0.396 e. The zero-order chi connectivity index (χ0) is 10.8. The number of nitrogen functional groups attached to an aromatic ring is 1. The molecule has 1 amide bonds. The monoisotopic (exact) mass is 207 g/mol. The largest absolute Gasteiger partial charge is 0.396 e. The van der Waals surface area contributed by atoms with Crippen LogP contribution in [-0.4, -0.2) is 35.5 Å². The third-order valence-electron chi connectivity index (χ3n) is 2.33. The molecule has 6 heteroatoms. The Morgan fingerprint density at radius 2 is 2.40 bits per heavy atom. The maximum Gasteiger partial charge on any atom is 0.239 e. The van der Waals surface area contributed by atoms with E-state index in [-0.39, 0.29) is 5.91 Å². The lowest BCUT2D eigenvalue weighted by atomic mass is 10.3. The van der Waals surface area contributed by atoms with Gasteiger partial charge in [-0.05, 0) is 6.92 Å². The van der Waals surface area contributed by atoms with Gasteiger partial charge in [-0.2, -0.15) is 0 Å². The SMILES string of the molecule is Cc1nc(N2CCNC(=O)C2)ncc1N. The van der Waals surface area contributed by atoms with Gasteiger partial charge in [0.15, 0.2) is 0 Å². The Labute approximate surface area is 87.5 Å². The summed E-state index contributed by atoms with van der Waals surface area (Å²) in [5.74, 6) is 0.566. The quantitative estimate of drug-likeness (QED) is 0.636. The third-order valence-corrected chi connectivity index (χ3v) is 2.33. The number of amides is 1. The normalized spacial score (nSPS) is 16.3. The van der Waals surface area contributed by atoms with Gasteiger partial charge in [-0.1, -0.05) is 0 Å². The number of carbonyl (C=O) groups is 1. The number of anilines is 2. The lowest BCUT2D eigenvalue weighted by molar-refractivity contribution is -0.120. The molecule has 15 heavy (non-hydrogen) atoms. The molecule has 1 aliphatic rings. The first kappa shape index (κ1) is 9.70. The first-order chi connectivity index (χ1) is 7.16. The van der Waals surface area contributed by atoms with Crippen molar-refractivity contribution in [2.75, 3.05) is 30.3 Å². The zero-order valence-corrected chi connectivity index (χ0v) is 8.53. The molecule has 2 heterocycles. The van der Waals surface area contributed by atoms with Crippen LogP contribution in [0.15, 0.2) is 6.20 Å². The molecule has 3 N–H and O–H groups in total. The van der Waals surface area contributed by atoms with Crippen molar-refractivity contribution < 1.29 is 4.79 Å². The fourth-order valence-corrected chi connectivity index (χ4v) is 1.43. The standard InChI is InChI=1S/C9H13N5O/c1-6-7(10)4-12-9(13-6)14-3-2-11-8(15)5-14/h4H,2-3,5,10H2,1H3,(H,11,15). The summed E-state index contributed by atoms with van der Waals surface area (Å²) in [4.78, 5) is 21.4. The van der Waals surface area contributed by atoms with Crippen LogP contribution in [0.3, 0.4) is 0 Å². The molecule has 0 spiro atoms. The number of hydrogen-bond donors (Lipinski definition) is 2. The van der Waals surface area contributed by atoms with Gasteiger partial charge < -0.3 is 16.0 Å². The number of nitrogens with two attached hydrogens (primary N) is 1. The van der Waals surface area contributed by atoms with Crippen molar-refractivity contribution in [3.8, 4) is 0 Å². The first-order valence-electron chi connectivity index (χ1n) is 4.77. The molecular weight excluding hydrogens is 194 g/mol. The van der Waals surface area contributed by atoms with Crippen LogP contribution < -0.4 is 16.0 Å². The molecule has 0 aromatic carbocycles. The van der Waals surface area contributed by atoms with E-state index in [1.54, 1.807) is 6.20 Å². The van der Waals surface area contributed by atoms with Crippen LogP contribution in [0.25, 0.3) is 0 Å². The fraction of sp³-hybridized carbons (Fsp3) is 0.444. The summed E-state index contributed by atoms with van der Waals surface area (Å²) in [5, 5.41) is 2.75. The highest BCUT2D eigenvalue weighted by atomic mass is 16.2. The molecule has 0 aliphatic carbocycles. The molecule has 1 aromatic rings. The number of nitrogens with zero attached hydrogens (tertiary/aromatic N) is 3. The van der Waals surface area contributed by atoms with Crippen LogP contribution in [0, 0.1) is 6.92 Å². The van der Waals surface area contributed by atoms with Gasteiger partial charge in [0.1, 0.15) is 0 Å². The second kappa shape index (κ2) is 3.72. The average molecular weight is 207 g/mol. The number of hydrogen-bond acceptors (Lipinski definition) is 5. The Morgan fingerprint density at radius 1 is 1.60 bits per heavy atom. The average Bonchev–Trinajstić information content (AvgIpc) is 2.22. The van der Waals surface area contributed by atoms with E-state index in [1.807, 2.05) is 11.8 Å². The Kier molecular flexibility index (Phi) is 2.40. The number of nitrogens with one attached hydrogen (secondary N) is 1. The van der Waals surface area contributed by atoms with E-state index in [2.05, 4.69) is 15.3 Å². The van der Waals surface area contributed by atoms with Crippen molar-refractivity contribution >= 4 is 17.5 Å². The van der Waals surface area contributed by atoms with Crippen molar-refractivity contribution in [2.45, 2.75) is 6.92 Å². The van der Waals surface area contributed by atoms with Gasteiger partial charge in [-0.25, -0.2) is 9.97 Å². The minimum atomic E-state index is -0.000622. The molecule has 0 unspecified atom stereocenters. The molecule has 80 valence electrons. The number of rotatable bonds is 1. The molecule has 0 radical (unpaired) electrons. The number of carbonyl (C=O) groups excluding carboxylic acids is 1. The van der Waals surface area contributed by atoms with Crippen LogP contribution in [-0.2, 0) is 4.79 Å². The Hall–Kier alpha value is -1.85. The summed E-state index contributed by atoms with van der Waals surface area (Å²) in [6.07, 6.45) is 1.57. The number of piperazine rings is 1. The van der Waals surface area contributed by atoms with Gasteiger partial charge in [0, 0.05) is 13.1 Å². The Morgan fingerprint density at radius 3 is 3.07 bits per heavy atom. The Bertz CT molecular complexity index is 392. The second-order valence-corrected chi connectivity index (χ2v) is 3.48. The van der Waals surface area contributed by atoms with Crippen molar-refractivity contribution in [3.05, 3.63) is 11.9 Å². The topological polar surface area (TPSA) is 84.1 Å². The van der Waals surface area contributed by atoms with Gasteiger partial charge in [0.2, 0.25) is 11.9 Å². The summed E-state index contributed by atoms with van der Waals surface area (Å²) < 4.78 is 0. The van der Waals surface area contributed by atoms with Crippen LogP contribution in [0.4, 0.5) is 11.6 Å². The van der Waals surface area contributed by atoms with Crippen molar-refractivity contribution in [2.24, 2.45) is 0 Å². The van der Waals surface area contributed by atoms with Gasteiger partial charge in [-0.15, -0.1) is 0 Å². The lowest BCUT2D eigenvalue weighted by Gasteiger charge is -2.26. The summed E-state index contributed by atoms with van der Waals surface area (Å²) in [7, 11) is 0. The van der Waals surface area contributed by atoms with Gasteiger partial charge >= 0.3 is 0 Å². The summed E-state index contributed by atoms with van der Waals surface area (Å²) in [6.45, 7) is 3.49. The summed E-state index contributed by atoms with van der Waals surface area (Å²) >= 11 is 0. The van der Waals surface area contributed by atoms with Crippen molar-refractivity contribution in [1.29, 1.82) is 0 Å². The summed E-state index contributed by atoms with van der Waals surface area (Å²) in [5.41, 5.74) is 6.93. The lowest BCUT2D eigenvalue weighted by Crippen LogP contribution is -2.48. The Balaban J connectivity index is 2.21. The maximum absolute atomic E-state index is 11.2. The highest BCUT2D eigenvalue weighted by molar-refractivity contribution is 5.81. The van der Waals surface area contributed by atoms with E-state index in [0.717, 1.165) is 12.2 Å². The van der Waals surface area contributed by atoms with Gasteiger partial charge in [0.25, 0.3) is 0 Å². The molecule has 6 nitrogen and oxygen atoms in total. The van der Waals surface area contributed by atoms with E-state index >= 15 is 0 Å². The maximum atomic E-state index is 11.2. The molecule has 1 saturated heterocycles. The molecule has 0 saturated carbocycles. The molecule has 0 bridgehead atoms.